The predicted octanol–water partition coefficient (Wildman–Crippen LogP) is 11.1. The van der Waals surface area contributed by atoms with E-state index in [0.29, 0.717) is 12.8 Å². The maximum Gasteiger partial charge on any atom is 0.423 e. The van der Waals surface area contributed by atoms with Crippen molar-refractivity contribution in [1.29, 1.82) is 0 Å². The van der Waals surface area contributed by atoms with Gasteiger partial charge in [-0.2, -0.15) is 0 Å². The Bertz CT molecular complexity index is 1310. The molecule has 0 N–H and O–H groups in total. The number of rotatable bonds is 14. The van der Waals surface area contributed by atoms with Gasteiger partial charge in [0.15, 0.2) is 11.5 Å². The molecular formula is C28H26Br2Cl6O8. The molecule has 0 aliphatic carbocycles. The van der Waals surface area contributed by atoms with Gasteiger partial charge in [0, 0.05) is 0 Å². The van der Waals surface area contributed by atoms with E-state index >= 15 is 0 Å². The number of hydrogen-bond donors (Lipinski definition) is 0. The number of unbranched alkanes of at least 4 members (excludes halogenated alkanes) is 6. The number of carbonyl (C=O) groups is 4. The van der Waals surface area contributed by atoms with E-state index in [4.69, 9.17) is 88.6 Å². The molecule has 0 amide bonds. The molecule has 0 heterocycles. The average Bonchev–Trinajstić information content (AvgIpc) is 2.99. The van der Waals surface area contributed by atoms with Gasteiger partial charge in [0.25, 0.3) is 0 Å². The van der Waals surface area contributed by atoms with Crippen molar-refractivity contribution in [3.05, 3.63) is 50.2 Å². The van der Waals surface area contributed by atoms with Crippen molar-refractivity contribution in [3.63, 3.8) is 0 Å². The molecule has 0 atom stereocenters. The van der Waals surface area contributed by atoms with Crippen LogP contribution in [0.5, 0.6) is 11.5 Å². The Morgan fingerprint density at radius 3 is 1.18 bits per heavy atom. The molecular weight excluding hydrogens is 837 g/mol. The van der Waals surface area contributed by atoms with E-state index in [0.717, 1.165) is 38.5 Å². The molecule has 0 aliphatic heterocycles. The first-order valence-electron chi connectivity index (χ1n) is 13.3. The Balaban J connectivity index is 2.39. The van der Waals surface area contributed by atoms with Gasteiger partial charge < -0.3 is 18.9 Å². The van der Waals surface area contributed by atoms with Gasteiger partial charge in [-0.25, -0.2) is 19.2 Å². The van der Waals surface area contributed by atoms with Gasteiger partial charge in [0.05, 0.1) is 42.2 Å². The Labute approximate surface area is 301 Å². The van der Waals surface area contributed by atoms with Crippen molar-refractivity contribution >= 4 is 125 Å². The second kappa shape index (κ2) is 19.0. The van der Waals surface area contributed by atoms with Crippen LogP contribution in [-0.4, -0.2) is 37.1 Å². The lowest BCUT2D eigenvalue weighted by Gasteiger charge is -2.17. The fourth-order valence-electron chi connectivity index (χ4n) is 3.58. The molecule has 0 aromatic heterocycles. The summed E-state index contributed by atoms with van der Waals surface area (Å²) in [6, 6.07) is 0. The van der Waals surface area contributed by atoms with Gasteiger partial charge in [-0.05, 0) is 44.7 Å². The topological polar surface area (TPSA) is 105 Å². The smallest absolute Gasteiger partial charge is 0.423 e. The maximum absolute atomic E-state index is 13.0. The van der Waals surface area contributed by atoms with Gasteiger partial charge in [0.2, 0.25) is 0 Å². The molecule has 44 heavy (non-hydrogen) atoms. The summed E-state index contributed by atoms with van der Waals surface area (Å²) < 4.78 is 20.8. The molecule has 2 aromatic carbocycles. The third-order valence-electron chi connectivity index (χ3n) is 5.87. The summed E-state index contributed by atoms with van der Waals surface area (Å²) in [5.41, 5.74) is -0.992. The molecule has 2 rings (SSSR count). The summed E-state index contributed by atoms with van der Waals surface area (Å²) in [5.74, 6) is -6.60. The van der Waals surface area contributed by atoms with E-state index in [1.165, 1.54) is 0 Å². The Morgan fingerprint density at radius 1 is 0.523 bits per heavy atom. The third kappa shape index (κ3) is 10.0. The summed E-state index contributed by atoms with van der Waals surface area (Å²) >= 11 is 43.8. The third-order valence-corrected chi connectivity index (χ3v) is 10.8. The number of halogens is 8. The maximum atomic E-state index is 13.0. The molecule has 2 aromatic rings. The van der Waals surface area contributed by atoms with E-state index in [1.54, 1.807) is 0 Å². The minimum absolute atomic E-state index is 0.0260. The van der Waals surface area contributed by atoms with Crippen LogP contribution < -0.4 is 9.47 Å². The van der Waals surface area contributed by atoms with E-state index in [9.17, 15) is 19.2 Å². The normalized spacial score (nSPS) is 10.9. The average molecular weight is 863 g/mol. The highest BCUT2D eigenvalue weighted by molar-refractivity contribution is 9.11. The van der Waals surface area contributed by atoms with E-state index in [1.807, 2.05) is 13.8 Å². The van der Waals surface area contributed by atoms with Crippen molar-refractivity contribution < 1.29 is 38.1 Å². The van der Waals surface area contributed by atoms with Crippen molar-refractivity contribution in [1.82, 2.24) is 0 Å². The number of benzene rings is 2. The standard InChI is InChI=1S/C28H26Br2Cl6O8/c1-3-5-7-9-11-41-25(37)13-17(31)19(33)15(29)21(35)23(13)43-27(39)28(40)44-24-14(18(32)20(34)16(30)22(24)36)26(38)42-12-10-8-6-4-2/h3-12H2,1-2H3. The second-order valence-corrected chi connectivity index (χ2v) is 12.9. The second-order valence-electron chi connectivity index (χ2n) is 9.09. The van der Waals surface area contributed by atoms with Gasteiger partial charge in [-0.3, -0.25) is 0 Å². The molecule has 0 saturated carbocycles. The van der Waals surface area contributed by atoms with Crippen LogP contribution in [0.25, 0.3) is 0 Å². The van der Waals surface area contributed by atoms with Gasteiger partial charge in [-0.1, -0.05) is 122 Å². The number of ether oxygens (including phenoxy) is 4. The van der Waals surface area contributed by atoms with E-state index in [2.05, 4.69) is 31.9 Å². The number of esters is 4. The van der Waals surface area contributed by atoms with Crippen LogP contribution >= 0.6 is 101 Å². The zero-order valence-corrected chi connectivity index (χ0v) is 31.1. The van der Waals surface area contributed by atoms with Crippen molar-refractivity contribution in [3.8, 4) is 11.5 Å². The first-order chi connectivity index (χ1) is 20.8. The Hall–Kier alpha value is -0.980. The molecule has 0 bridgehead atoms. The van der Waals surface area contributed by atoms with Crippen LogP contribution in [0, 0.1) is 0 Å². The summed E-state index contributed by atoms with van der Waals surface area (Å²) in [5, 5.41) is -1.75. The SMILES string of the molecule is CCCCCCOC(=O)c1c(Cl)c(Cl)c(Br)c(Cl)c1OC(=O)C(=O)Oc1c(Cl)c(Br)c(Cl)c(Cl)c1C(=O)OCCCCCC. The highest BCUT2D eigenvalue weighted by atomic mass is 79.9. The zero-order valence-electron chi connectivity index (χ0n) is 23.4. The van der Waals surface area contributed by atoms with Crippen molar-refractivity contribution in [2.45, 2.75) is 65.2 Å². The quantitative estimate of drug-likeness (QED) is 0.0462. The molecule has 0 spiro atoms. The van der Waals surface area contributed by atoms with Crippen LogP contribution in [-0.2, 0) is 19.1 Å². The zero-order chi connectivity index (χ0) is 33.1. The molecule has 0 saturated heterocycles. The first kappa shape index (κ1) is 39.2. The van der Waals surface area contributed by atoms with Crippen LogP contribution in [0.15, 0.2) is 8.95 Å². The monoisotopic (exact) mass is 858 g/mol. The summed E-state index contributed by atoms with van der Waals surface area (Å²) in [6.45, 7) is 4.13. The lowest BCUT2D eigenvalue weighted by molar-refractivity contribution is -0.156. The molecule has 0 radical (unpaired) electrons. The minimum atomic E-state index is -1.67. The highest BCUT2D eigenvalue weighted by Crippen LogP contribution is 2.48. The Kier molecular flexibility index (Phi) is 16.9. The van der Waals surface area contributed by atoms with Crippen molar-refractivity contribution in [2.75, 3.05) is 13.2 Å². The molecule has 8 nitrogen and oxygen atoms in total. The van der Waals surface area contributed by atoms with E-state index in [-0.39, 0.29) is 52.3 Å². The summed E-state index contributed by atoms with van der Waals surface area (Å²) in [7, 11) is 0. The molecule has 0 aliphatic rings. The number of carbonyl (C=O) groups excluding carboxylic acids is 4. The lowest BCUT2D eigenvalue weighted by Crippen LogP contribution is -2.27. The van der Waals surface area contributed by atoms with Gasteiger partial charge in [-0.15, -0.1) is 0 Å². The van der Waals surface area contributed by atoms with Crippen LogP contribution in [0.1, 0.15) is 85.9 Å². The minimum Gasteiger partial charge on any atom is -0.462 e. The predicted molar refractivity (Wildman–Crippen MR) is 178 cm³/mol. The first-order valence-corrected chi connectivity index (χ1v) is 17.1. The molecule has 0 fully saturated rings. The summed E-state index contributed by atoms with van der Waals surface area (Å²) in [6.07, 6.45) is 6.60. The van der Waals surface area contributed by atoms with Gasteiger partial charge >= 0.3 is 23.9 Å². The van der Waals surface area contributed by atoms with Gasteiger partial charge in [0.1, 0.15) is 21.2 Å². The van der Waals surface area contributed by atoms with Crippen LogP contribution in [0.4, 0.5) is 0 Å². The van der Waals surface area contributed by atoms with Crippen molar-refractivity contribution in [2.24, 2.45) is 0 Å². The summed E-state index contributed by atoms with van der Waals surface area (Å²) in [4.78, 5) is 51.8. The van der Waals surface area contributed by atoms with Crippen LogP contribution in [0.2, 0.25) is 30.1 Å². The van der Waals surface area contributed by atoms with E-state index < -0.39 is 46.5 Å². The molecule has 242 valence electrons. The molecule has 16 heteroatoms. The largest absolute Gasteiger partial charge is 0.462 e. The lowest BCUT2D eigenvalue weighted by atomic mass is 10.2. The Morgan fingerprint density at radius 2 is 0.864 bits per heavy atom. The van der Waals surface area contributed by atoms with Crippen LogP contribution in [0.3, 0.4) is 0 Å². The molecule has 0 unspecified atom stereocenters. The fraction of sp³-hybridized carbons (Fsp3) is 0.429. The number of hydrogen-bond acceptors (Lipinski definition) is 8. The highest BCUT2D eigenvalue weighted by Gasteiger charge is 2.34. The fourth-order valence-corrected chi connectivity index (χ4v) is 6.01.